The molecule has 0 radical (unpaired) electrons. The maximum atomic E-state index is 13.4. The summed E-state index contributed by atoms with van der Waals surface area (Å²) >= 11 is 0. The van der Waals surface area contributed by atoms with Crippen molar-refractivity contribution in [2.45, 2.75) is 70.0 Å². The minimum absolute atomic E-state index is 0.100. The molecule has 1 N–H and O–H groups in total. The van der Waals surface area contributed by atoms with Gasteiger partial charge in [0.15, 0.2) is 35.6 Å². The Morgan fingerprint density at radius 1 is 0.926 bits per heavy atom. The highest BCUT2D eigenvalue weighted by molar-refractivity contribution is 5.94. The van der Waals surface area contributed by atoms with Gasteiger partial charge in [0.2, 0.25) is 0 Å². The lowest BCUT2D eigenvalue weighted by atomic mass is 9.98. The summed E-state index contributed by atoms with van der Waals surface area (Å²) in [6.07, 6.45) is -3.78. The van der Waals surface area contributed by atoms with Crippen LogP contribution < -0.4 is 5.32 Å². The summed E-state index contributed by atoms with van der Waals surface area (Å²) in [7, 11) is 0. The third-order valence-corrected chi connectivity index (χ3v) is 4.60. The Morgan fingerprint density at radius 3 is 2.26 bits per heavy atom. The van der Waals surface area contributed by atoms with Crippen molar-refractivity contribution < 1.29 is 37.3 Å². The van der Waals surface area contributed by atoms with Gasteiger partial charge >= 0.3 is 0 Å². The van der Waals surface area contributed by atoms with Crippen LogP contribution in [0.15, 0.2) is 18.2 Å². The summed E-state index contributed by atoms with van der Waals surface area (Å²) in [4.78, 5) is 12.8. The van der Waals surface area contributed by atoms with Crippen molar-refractivity contribution in [2.24, 2.45) is 0 Å². The molecule has 148 valence electrons. The van der Waals surface area contributed by atoms with E-state index in [1.54, 1.807) is 27.7 Å². The summed E-state index contributed by atoms with van der Waals surface area (Å²) < 4.78 is 55.7. The summed E-state index contributed by atoms with van der Waals surface area (Å²) in [5.41, 5.74) is 0.100. The van der Waals surface area contributed by atoms with Crippen molar-refractivity contribution in [3.05, 3.63) is 29.8 Å². The Bertz CT molecular complexity index is 770. The molecule has 0 aliphatic carbocycles. The van der Waals surface area contributed by atoms with Gasteiger partial charge in [-0.15, -0.1) is 0 Å². The summed E-state index contributed by atoms with van der Waals surface area (Å²) in [5, 5.41) is 2.52. The molecule has 3 aliphatic rings. The predicted octanol–water partition coefficient (Wildman–Crippen LogP) is 2.30. The van der Waals surface area contributed by atoms with Crippen LogP contribution in [0.2, 0.25) is 0 Å². The Balaban J connectivity index is 1.57. The van der Waals surface area contributed by atoms with Crippen molar-refractivity contribution in [3.8, 4) is 0 Å². The smallest absolute Gasteiger partial charge is 0.256 e. The second-order valence-corrected chi connectivity index (χ2v) is 7.71. The number of hydrogen-bond donors (Lipinski definition) is 1. The topological polar surface area (TPSA) is 75.3 Å². The van der Waals surface area contributed by atoms with Gasteiger partial charge in [-0.25, -0.2) is 8.78 Å². The fraction of sp³-hybridized carbons (Fsp3) is 0.611. The molecule has 0 saturated carbocycles. The van der Waals surface area contributed by atoms with E-state index in [2.05, 4.69) is 5.32 Å². The molecule has 3 saturated heterocycles. The van der Waals surface area contributed by atoms with Gasteiger partial charge in [-0.1, -0.05) is 0 Å². The van der Waals surface area contributed by atoms with Crippen LogP contribution in [0.5, 0.6) is 0 Å². The molecule has 27 heavy (non-hydrogen) atoms. The van der Waals surface area contributed by atoms with Crippen molar-refractivity contribution in [1.29, 1.82) is 0 Å². The molecular weight excluding hydrogens is 364 g/mol. The fourth-order valence-corrected chi connectivity index (χ4v) is 3.61. The number of anilines is 1. The van der Waals surface area contributed by atoms with Gasteiger partial charge in [-0.05, 0) is 39.8 Å². The second-order valence-electron chi connectivity index (χ2n) is 7.71. The number of carbonyl (C=O) groups is 1. The third kappa shape index (κ3) is 3.45. The van der Waals surface area contributed by atoms with Gasteiger partial charge in [0.1, 0.15) is 18.3 Å². The Morgan fingerprint density at radius 2 is 1.56 bits per heavy atom. The molecule has 1 aromatic rings. The van der Waals surface area contributed by atoms with Crippen LogP contribution in [-0.2, 0) is 28.5 Å². The molecule has 5 atom stereocenters. The Labute approximate surface area is 154 Å². The van der Waals surface area contributed by atoms with Crippen molar-refractivity contribution in [2.75, 3.05) is 5.32 Å². The first-order valence-electron chi connectivity index (χ1n) is 8.67. The minimum Gasteiger partial charge on any atom is -0.342 e. The highest BCUT2D eigenvalue weighted by Crippen LogP contribution is 2.44. The molecule has 4 rings (SSSR count). The number of rotatable bonds is 2. The number of amides is 1. The second kappa shape index (κ2) is 6.18. The molecular formula is C18H21F2NO6. The predicted molar refractivity (Wildman–Crippen MR) is 87.5 cm³/mol. The molecule has 0 bridgehead atoms. The molecule has 0 spiro atoms. The number of fused-ring (bicyclic) bond motifs is 3. The van der Waals surface area contributed by atoms with E-state index in [0.717, 1.165) is 12.1 Å². The zero-order valence-electron chi connectivity index (χ0n) is 15.3. The lowest BCUT2D eigenvalue weighted by Crippen LogP contribution is -2.58. The van der Waals surface area contributed by atoms with E-state index in [1.165, 1.54) is 6.07 Å². The monoisotopic (exact) mass is 385 g/mol. The lowest BCUT2D eigenvalue weighted by Gasteiger charge is -2.36. The van der Waals surface area contributed by atoms with E-state index in [4.69, 9.17) is 23.7 Å². The maximum Gasteiger partial charge on any atom is 0.256 e. The largest absolute Gasteiger partial charge is 0.342 e. The molecule has 5 unspecified atom stereocenters. The molecule has 7 nitrogen and oxygen atoms in total. The van der Waals surface area contributed by atoms with Crippen molar-refractivity contribution >= 4 is 11.6 Å². The summed E-state index contributed by atoms with van der Waals surface area (Å²) in [6.45, 7) is 6.93. The zero-order valence-corrected chi connectivity index (χ0v) is 15.3. The van der Waals surface area contributed by atoms with Crippen LogP contribution >= 0.6 is 0 Å². The normalized spacial score (nSPS) is 36.1. The molecule has 3 heterocycles. The number of halogens is 2. The number of ether oxygens (including phenoxy) is 5. The zero-order chi connectivity index (χ0) is 19.6. The molecule has 0 aromatic heterocycles. The van der Waals surface area contributed by atoms with E-state index >= 15 is 0 Å². The van der Waals surface area contributed by atoms with Crippen LogP contribution in [0.4, 0.5) is 14.5 Å². The first-order valence-corrected chi connectivity index (χ1v) is 8.67. The first-order chi connectivity index (χ1) is 12.5. The summed E-state index contributed by atoms with van der Waals surface area (Å²) in [6, 6.07) is 3.08. The van der Waals surface area contributed by atoms with E-state index in [0.29, 0.717) is 0 Å². The van der Waals surface area contributed by atoms with E-state index in [9.17, 15) is 13.6 Å². The van der Waals surface area contributed by atoms with Crippen LogP contribution in [0.1, 0.15) is 27.7 Å². The highest BCUT2D eigenvalue weighted by atomic mass is 19.2. The van der Waals surface area contributed by atoms with Crippen molar-refractivity contribution in [1.82, 2.24) is 0 Å². The molecule has 3 fully saturated rings. The third-order valence-electron chi connectivity index (χ3n) is 4.60. The first kappa shape index (κ1) is 18.7. The van der Waals surface area contributed by atoms with Crippen LogP contribution in [0.3, 0.4) is 0 Å². The van der Waals surface area contributed by atoms with Crippen LogP contribution in [-0.4, -0.2) is 48.2 Å². The standard InChI is InChI=1S/C18H21F2NO6/c1-17(2)24-11-12(25-17)14-16(27-18(3,4)26-14)23-13(11)15(22)21-8-5-6-9(19)10(20)7-8/h5-7,11-14,16H,1-4H3,(H,21,22). The van der Waals surface area contributed by atoms with Gasteiger partial charge < -0.3 is 29.0 Å². The molecule has 3 aliphatic heterocycles. The number of hydrogen-bond acceptors (Lipinski definition) is 6. The van der Waals surface area contributed by atoms with E-state index in [1.807, 2.05) is 0 Å². The summed E-state index contributed by atoms with van der Waals surface area (Å²) in [5.74, 6) is -4.49. The van der Waals surface area contributed by atoms with Gasteiger partial charge in [0.05, 0.1) is 0 Å². The van der Waals surface area contributed by atoms with Gasteiger partial charge in [0.25, 0.3) is 5.91 Å². The average molecular weight is 385 g/mol. The lowest BCUT2D eigenvalue weighted by molar-refractivity contribution is -0.229. The Kier molecular flexibility index (Phi) is 4.28. The molecule has 9 heteroatoms. The van der Waals surface area contributed by atoms with Gasteiger partial charge in [-0.2, -0.15) is 0 Å². The van der Waals surface area contributed by atoms with Crippen LogP contribution in [0, 0.1) is 11.6 Å². The Hall–Kier alpha value is -1.65. The van der Waals surface area contributed by atoms with Crippen LogP contribution in [0.25, 0.3) is 0 Å². The van der Waals surface area contributed by atoms with E-state index < -0.39 is 59.8 Å². The average Bonchev–Trinajstić information content (AvgIpc) is 3.04. The number of benzene rings is 1. The van der Waals surface area contributed by atoms with Gasteiger partial charge in [-0.3, -0.25) is 4.79 Å². The highest BCUT2D eigenvalue weighted by Gasteiger charge is 2.62. The molecule has 1 aromatic carbocycles. The fourth-order valence-electron chi connectivity index (χ4n) is 3.61. The maximum absolute atomic E-state index is 13.4. The van der Waals surface area contributed by atoms with Gasteiger partial charge in [0, 0.05) is 11.8 Å². The van der Waals surface area contributed by atoms with E-state index in [-0.39, 0.29) is 5.69 Å². The van der Waals surface area contributed by atoms with Crippen molar-refractivity contribution in [3.63, 3.8) is 0 Å². The quantitative estimate of drug-likeness (QED) is 0.842. The number of nitrogens with one attached hydrogen (secondary N) is 1. The number of carbonyl (C=O) groups excluding carboxylic acids is 1. The minimum atomic E-state index is -1.08. The molecule has 1 amide bonds. The SMILES string of the molecule is CC1(C)OC2OC(C(=O)Nc3ccc(F)c(F)c3)C3OC(C)(C)OC3C2O1.